The molecule has 0 spiro atoms. The maximum absolute atomic E-state index is 5.43. The summed E-state index contributed by atoms with van der Waals surface area (Å²) >= 11 is 0. The Bertz CT molecular complexity index is 538. The topological polar surface area (TPSA) is 42.2 Å². The Morgan fingerprint density at radius 2 is 1.64 bits per heavy atom. The summed E-state index contributed by atoms with van der Waals surface area (Å²) in [6.07, 6.45) is 0.721. The van der Waals surface area contributed by atoms with Crippen LogP contribution in [0.5, 0.6) is 0 Å². The summed E-state index contributed by atoms with van der Waals surface area (Å²) in [5.41, 5.74) is 1.20. The van der Waals surface area contributed by atoms with Crippen LogP contribution in [0.1, 0.15) is 45.0 Å². The standard InChI is InChI=1S/C18H27N3O/c1-14(2)11-21(12-15(3)4)13-18-19-17(20-22-18)10-16-8-6-5-7-9-16/h5-9,14-15H,10-13H2,1-4H3. The van der Waals surface area contributed by atoms with Crippen molar-refractivity contribution in [2.45, 2.75) is 40.7 Å². The zero-order valence-corrected chi connectivity index (χ0v) is 14.1. The van der Waals surface area contributed by atoms with Crippen LogP contribution in [0.15, 0.2) is 34.9 Å². The van der Waals surface area contributed by atoms with E-state index in [1.807, 2.05) is 18.2 Å². The predicted octanol–water partition coefficient (Wildman–Crippen LogP) is 3.77. The van der Waals surface area contributed by atoms with Crippen LogP contribution in [0.3, 0.4) is 0 Å². The minimum atomic E-state index is 0.630. The van der Waals surface area contributed by atoms with Crippen LogP contribution < -0.4 is 0 Å². The molecule has 22 heavy (non-hydrogen) atoms. The lowest BCUT2D eigenvalue weighted by Gasteiger charge is -2.24. The van der Waals surface area contributed by atoms with Crippen molar-refractivity contribution in [3.05, 3.63) is 47.6 Å². The number of nitrogens with zero attached hydrogens (tertiary/aromatic N) is 3. The fourth-order valence-electron chi connectivity index (χ4n) is 2.63. The summed E-state index contributed by atoms with van der Waals surface area (Å²) < 4.78 is 5.43. The van der Waals surface area contributed by atoms with E-state index >= 15 is 0 Å². The molecule has 2 aromatic rings. The van der Waals surface area contributed by atoms with E-state index in [0.717, 1.165) is 31.9 Å². The van der Waals surface area contributed by atoms with E-state index in [4.69, 9.17) is 4.52 Å². The minimum absolute atomic E-state index is 0.630. The van der Waals surface area contributed by atoms with Crippen LogP contribution in [-0.4, -0.2) is 28.1 Å². The molecule has 1 heterocycles. The summed E-state index contributed by atoms with van der Waals surface area (Å²) in [5, 5.41) is 4.11. The number of benzene rings is 1. The van der Waals surface area contributed by atoms with Crippen molar-refractivity contribution in [2.24, 2.45) is 11.8 Å². The Morgan fingerprint density at radius 3 is 2.23 bits per heavy atom. The molecule has 4 nitrogen and oxygen atoms in total. The molecule has 4 heteroatoms. The monoisotopic (exact) mass is 301 g/mol. The summed E-state index contributed by atoms with van der Waals surface area (Å²) in [5.74, 6) is 2.73. The van der Waals surface area contributed by atoms with Crippen molar-refractivity contribution >= 4 is 0 Å². The molecule has 1 aromatic heterocycles. The Kier molecular flexibility index (Phi) is 6.13. The van der Waals surface area contributed by atoms with E-state index in [1.54, 1.807) is 0 Å². The van der Waals surface area contributed by atoms with Gasteiger partial charge < -0.3 is 4.52 Å². The van der Waals surface area contributed by atoms with Gasteiger partial charge in [-0.05, 0) is 17.4 Å². The molecule has 0 unspecified atom stereocenters. The second-order valence-corrected chi connectivity index (χ2v) is 6.75. The predicted molar refractivity (Wildman–Crippen MR) is 88.5 cm³/mol. The largest absolute Gasteiger partial charge is 0.338 e. The molecule has 2 rings (SSSR count). The van der Waals surface area contributed by atoms with Crippen molar-refractivity contribution in [3.63, 3.8) is 0 Å². The number of hydrogen-bond acceptors (Lipinski definition) is 4. The zero-order chi connectivity index (χ0) is 15.9. The van der Waals surface area contributed by atoms with Crippen molar-refractivity contribution in [1.29, 1.82) is 0 Å². The third kappa shape index (κ3) is 5.60. The van der Waals surface area contributed by atoms with Gasteiger partial charge in [0.2, 0.25) is 5.89 Å². The lowest BCUT2D eigenvalue weighted by molar-refractivity contribution is 0.186. The van der Waals surface area contributed by atoms with Crippen LogP contribution in [0.4, 0.5) is 0 Å². The quantitative estimate of drug-likeness (QED) is 0.744. The highest BCUT2D eigenvalue weighted by molar-refractivity contribution is 5.18. The first-order valence-electron chi connectivity index (χ1n) is 8.10. The van der Waals surface area contributed by atoms with Gasteiger partial charge in [0.1, 0.15) is 0 Å². The summed E-state index contributed by atoms with van der Waals surface area (Å²) in [7, 11) is 0. The first kappa shape index (κ1) is 16.7. The van der Waals surface area contributed by atoms with Gasteiger partial charge in [0.05, 0.1) is 6.54 Å². The Labute approximate surface area is 133 Å². The molecule has 0 bridgehead atoms. The highest BCUT2D eigenvalue weighted by Gasteiger charge is 2.14. The summed E-state index contributed by atoms with van der Waals surface area (Å²) in [4.78, 5) is 6.94. The zero-order valence-electron chi connectivity index (χ0n) is 14.1. The molecule has 120 valence electrons. The van der Waals surface area contributed by atoms with Gasteiger partial charge in [-0.1, -0.05) is 63.2 Å². The van der Waals surface area contributed by atoms with Crippen molar-refractivity contribution in [3.8, 4) is 0 Å². The molecule has 0 atom stereocenters. The van der Waals surface area contributed by atoms with Crippen LogP contribution in [0.25, 0.3) is 0 Å². The third-order valence-corrected chi connectivity index (χ3v) is 3.32. The second-order valence-electron chi connectivity index (χ2n) is 6.75. The Morgan fingerprint density at radius 1 is 1.00 bits per heavy atom. The lowest BCUT2D eigenvalue weighted by atomic mass is 10.1. The van der Waals surface area contributed by atoms with Gasteiger partial charge in [-0.25, -0.2) is 0 Å². The van der Waals surface area contributed by atoms with Gasteiger partial charge in [0.25, 0.3) is 0 Å². The molecule has 0 saturated carbocycles. The number of hydrogen-bond donors (Lipinski definition) is 0. The van der Waals surface area contributed by atoms with Gasteiger partial charge in [-0.2, -0.15) is 4.98 Å². The first-order chi connectivity index (χ1) is 10.5. The molecule has 0 amide bonds. The molecular formula is C18H27N3O. The van der Waals surface area contributed by atoms with Crippen LogP contribution in [-0.2, 0) is 13.0 Å². The molecule has 0 saturated heterocycles. The number of rotatable bonds is 8. The highest BCUT2D eigenvalue weighted by Crippen LogP contribution is 2.11. The summed E-state index contributed by atoms with van der Waals surface area (Å²) in [6.45, 7) is 11.8. The van der Waals surface area contributed by atoms with E-state index in [0.29, 0.717) is 17.7 Å². The SMILES string of the molecule is CC(C)CN(Cc1nc(Cc2ccccc2)no1)CC(C)C. The lowest BCUT2D eigenvalue weighted by Crippen LogP contribution is -2.31. The number of aromatic nitrogens is 2. The second kappa shape index (κ2) is 8.08. The molecule has 0 aliphatic carbocycles. The Balaban J connectivity index is 1.97. The smallest absolute Gasteiger partial charge is 0.240 e. The highest BCUT2D eigenvalue weighted by atomic mass is 16.5. The van der Waals surface area contributed by atoms with E-state index in [2.05, 4.69) is 54.9 Å². The third-order valence-electron chi connectivity index (χ3n) is 3.32. The van der Waals surface area contributed by atoms with Crippen LogP contribution >= 0.6 is 0 Å². The fraction of sp³-hybridized carbons (Fsp3) is 0.556. The summed E-state index contributed by atoms with van der Waals surface area (Å²) in [6, 6.07) is 10.2. The van der Waals surface area contributed by atoms with Crippen molar-refractivity contribution < 1.29 is 4.52 Å². The normalized spacial score (nSPS) is 11.8. The minimum Gasteiger partial charge on any atom is -0.338 e. The molecule has 0 aliphatic heterocycles. The maximum atomic E-state index is 5.43. The van der Waals surface area contributed by atoms with Gasteiger partial charge in [-0.3, -0.25) is 4.90 Å². The molecule has 0 N–H and O–H groups in total. The Hall–Kier alpha value is -1.68. The van der Waals surface area contributed by atoms with E-state index in [9.17, 15) is 0 Å². The van der Waals surface area contributed by atoms with Crippen molar-refractivity contribution in [1.82, 2.24) is 15.0 Å². The molecule has 0 fully saturated rings. The van der Waals surface area contributed by atoms with Gasteiger partial charge in [0, 0.05) is 19.5 Å². The molecular weight excluding hydrogens is 274 g/mol. The molecule has 1 aromatic carbocycles. The van der Waals surface area contributed by atoms with Crippen molar-refractivity contribution in [2.75, 3.05) is 13.1 Å². The molecule has 0 aliphatic rings. The average molecular weight is 301 g/mol. The van der Waals surface area contributed by atoms with Gasteiger partial charge in [-0.15, -0.1) is 0 Å². The van der Waals surface area contributed by atoms with E-state index < -0.39 is 0 Å². The van der Waals surface area contributed by atoms with E-state index in [1.165, 1.54) is 5.56 Å². The van der Waals surface area contributed by atoms with Gasteiger partial charge in [0.15, 0.2) is 5.82 Å². The fourth-order valence-corrected chi connectivity index (χ4v) is 2.63. The molecule has 0 radical (unpaired) electrons. The van der Waals surface area contributed by atoms with Crippen LogP contribution in [0, 0.1) is 11.8 Å². The van der Waals surface area contributed by atoms with E-state index in [-0.39, 0.29) is 0 Å². The average Bonchev–Trinajstić information content (AvgIpc) is 2.85. The van der Waals surface area contributed by atoms with Crippen LogP contribution in [0.2, 0.25) is 0 Å². The van der Waals surface area contributed by atoms with Gasteiger partial charge >= 0.3 is 0 Å². The maximum Gasteiger partial charge on any atom is 0.240 e. The first-order valence-corrected chi connectivity index (χ1v) is 8.10.